The standard InChI is InChI=1S/C5H11O3P.CH4O/c1-3-5(2,4-6)9(7)8;1-2/h6H,3-4H2,1-2H3;2H,1H3/p+1. The van der Waals surface area contributed by atoms with E-state index in [2.05, 4.69) is 0 Å². The van der Waals surface area contributed by atoms with Crippen molar-refractivity contribution in [2.24, 2.45) is 0 Å². The van der Waals surface area contributed by atoms with E-state index in [0.717, 1.165) is 7.11 Å². The Balaban J connectivity index is 0. The van der Waals surface area contributed by atoms with Crippen LogP contribution in [0.1, 0.15) is 20.3 Å². The third-order valence-corrected chi connectivity index (χ3v) is 2.95. The normalized spacial score (nSPS) is 16.0. The van der Waals surface area contributed by atoms with Crippen LogP contribution in [-0.2, 0) is 4.57 Å². The predicted octanol–water partition coefficient (Wildman–Crippen LogP) is 0.491. The largest absolute Gasteiger partial charge is 0.514 e. The molecule has 0 amide bonds. The van der Waals surface area contributed by atoms with Gasteiger partial charge in [-0.15, -0.1) is 0 Å². The van der Waals surface area contributed by atoms with Gasteiger partial charge in [-0.3, -0.25) is 0 Å². The second-order valence-corrected chi connectivity index (χ2v) is 3.91. The maximum atomic E-state index is 10.5. The molecule has 0 spiro atoms. The van der Waals surface area contributed by atoms with Gasteiger partial charge in [0.2, 0.25) is 5.16 Å². The van der Waals surface area contributed by atoms with E-state index in [-0.39, 0.29) is 6.61 Å². The molecule has 4 nitrogen and oxygen atoms in total. The Morgan fingerprint density at radius 3 is 1.82 bits per heavy atom. The van der Waals surface area contributed by atoms with Gasteiger partial charge in [0.25, 0.3) is 0 Å². The van der Waals surface area contributed by atoms with Crippen molar-refractivity contribution in [3.8, 4) is 0 Å². The van der Waals surface area contributed by atoms with E-state index in [1.165, 1.54) is 0 Å². The quantitative estimate of drug-likeness (QED) is 0.556. The average molecular weight is 183 g/mol. The van der Waals surface area contributed by atoms with Crippen molar-refractivity contribution in [3.05, 3.63) is 0 Å². The van der Waals surface area contributed by atoms with Crippen molar-refractivity contribution >= 4 is 8.03 Å². The molecule has 2 atom stereocenters. The first-order valence-corrected chi connectivity index (χ1v) is 4.50. The Bertz CT molecular complexity index is 111. The minimum Gasteiger partial charge on any atom is -0.400 e. The number of aliphatic hydroxyl groups is 2. The molecule has 0 aliphatic heterocycles. The maximum absolute atomic E-state index is 10.5. The van der Waals surface area contributed by atoms with Crippen LogP contribution in [0.2, 0.25) is 0 Å². The van der Waals surface area contributed by atoms with Crippen molar-refractivity contribution in [3.63, 3.8) is 0 Å². The van der Waals surface area contributed by atoms with Gasteiger partial charge in [-0.2, -0.15) is 4.89 Å². The Morgan fingerprint density at radius 2 is 1.82 bits per heavy atom. The molecule has 2 unspecified atom stereocenters. The van der Waals surface area contributed by atoms with E-state index in [1.54, 1.807) is 13.8 Å². The molecule has 3 N–H and O–H groups in total. The zero-order chi connectivity index (χ0) is 9.49. The molecule has 0 saturated heterocycles. The molecule has 5 heteroatoms. The van der Waals surface area contributed by atoms with Crippen LogP contribution in [-0.4, -0.2) is 34.0 Å². The van der Waals surface area contributed by atoms with E-state index in [1.807, 2.05) is 0 Å². The molecule has 0 bridgehead atoms. The van der Waals surface area contributed by atoms with Gasteiger partial charge in [0.1, 0.15) is 0 Å². The Morgan fingerprint density at radius 1 is 1.45 bits per heavy atom. The lowest BCUT2D eigenvalue weighted by atomic mass is 10.1. The monoisotopic (exact) mass is 183 g/mol. The fraction of sp³-hybridized carbons (Fsp3) is 1.00. The van der Waals surface area contributed by atoms with Crippen molar-refractivity contribution in [2.75, 3.05) is 13.7 Å². The first-order valence-electron chi connectivity index (χ1n) is 3.28. The fourth-order valence-electron chi connectivity index (χ4n) is 0.308. The van der Waals surface area contributed by atoms with E-state index in [4.69, 9.17) is 15.1 Å². The second-order valence-electron chi connectivity index (χ2n) is 2.28. The van der Waals surface area contributed by atoms with Gasteiger partial charge in [-0.05, 0) is 17.9 Å². The number of rotatable bonds is 3. The molecule has 0 rings (SSSR count). The lowest BCUT2D eigenvalue weighted by molar-refractivity contribution is 0.240. The second kappa shape index (κ2) is 6.68. The number of hydrogen-bond acceptors (Lipinski definition) is 3. The lowest BCUT2D eigenvalue weighted by Crippen LogP contribution is -2.23. The first kappa shape index (κ1) is 13.6. The average Bonchev–Trinajstić information content (AvgIpc) is 2.06. The molecule has 0 radical (unpaired) electrons. The third kappa shape index (κ3) is 4.43. The van der Waals surface area contributed by atoms with Gasteiger partial charge in [0.05, 0.1) is 6.61 Å². The summed E-state index contributed by atoms with van der Waals surface area (Å²) in [6.45, 7) is 3.14. The molecular formula is C6H16O4P+. The molecule has 0 heterocycles. The highest BCUT2D eigenvalue weighted by molar-refractivity contribution is 7.40. The maximum Gasteiger partial charge on any atom is 0.514 e. The minimum atomic E-state index is -2.25. The summed E-state index contributed by atoms with van der Waals surface area (Å²) in [5.41, 5.74) is 0. The summed E-state index contributed by atoms with van der Waals surface area (Å²) in [5.74, 6) is 0. The van der Waals surface area contributed by atoms with Gasteiger partial charge in [-0.1, -0.05) is 6.92 Å². The number of aliphatic hydroxyl groups excluding tert-OH is 2. The van der Waals surface area contributed by atoms with E-state index < -0.39 is 13.2 Å². The highest BCUT2D eigenvalue weighted by atomic mass is 31.1. The van der Waals surface area contributed by atoms with Gasteiger partial charge in [0, 0.05) is 7.11 Å². The van der Waals surface area contributed by atoms with Crippen LogP contribution in [0.5, 0.6) is 0 Å². The molecule has 0 fully saturated rings. The van der Waals surface area contributed by atoms with E-state index in [9.17, 15) is 4.57 Å². The van der Waals surface area contributed by atoms with Crippen LogP contribution < -0.4 is 0 Å². The van der Waals surface area contributed by atoms with Crippen LogP contribution in [0.25, 0.3) is 0 Å². The molecule has 0 aliphatic carbocycles. The number of hydrogen-bond donors (Lipinski definition) is 3. The summed E-state index contributed by atoms with van der Waals surface area (Å²) >= 11 is 0. The Hall–Kier alpha value is -0.0200. The van der Waals surface area contributed by atoms with Crippen LogP contribution >= 0.6 is 8.03 Å². The molecule has 0 aromatic heterocycles. The summed E-state index contributed by atoms with van der Waals surface area (Å²) in [6.07, 6.45) is 0.523. The highest BCUT2D eigenvalue weighted by Crippen LogP contribution is 2.36. The van der Waals surface area contributed by atoms with Crippen molar-refractivity contribution in [1.82, 2.24) is 0 Å². The topological polar surface area (TPSA) is 77.8 Å². The van der Waals surface area contributed by atoms with Gasteiger partial charge >= 0.3 is 8.03 Å². The molecule has 0 saturated carbocycles. The Kier molecular flexibility index (Phi) is 8.23. The van der Waals surface area contributed by atoms with Crippen LogP contribution in [0, 0.1) is 0 Å². The van der Waals surface area contributed by atoms with E-state index in [0.29, 0.717) is 6.42 Å². The summed E-state index contributed by atoms with van der Waals surface area (Å²) in [4.78, 5) is 8.62. The summed E-state index contributed by atoms with van der Waals surface area (Å²) in [6, 6.07) is 0. The molecular weight excluding hydrogens is 167 g/mol. The predicted molar refractivity (Wildman–Crippen MR) is 43.7 cm³/mol. The summed E-state index contributed by atoms with van der Waals surface area (Å²) in [7, 11) is -1.25. The first-order chi connectivity index (χ1) is 5.06. The smallest absolute Gasteiger partial charge is 0.400 e. The van der Waals surface area contributed by atoms with Crippen molar-refractivity contribution in [2.45, 2.75) is 25.4 Å². The lowest BCUT2D eigenvalue weighted by Gasteiger charge is -2.08. The molecule has 0 aliphatic rings. The van der Waals surface area contributed by atoms with Crippen molar-refractivity contribution in [1.29, 1.82) is 0 Å². The van der Waals surface area contributed by atoms with Crippen LogP contribution in [0.3, 0.4) is 0 Å². The molecule has 68 valence electrons. The summed E-state index contributed by atoms with van der Waals surface area (Å²) in [5, 5.41) is 14.8. The van der Waals surface area contributed by atoms with Gasteiger partial charge < -0.3 is 10.2 Å². The van der Waals surface area contributed by atoms with Crippen LogP contribution in [0.4, 0.5) is 0 Å². The fourth-order valence-corrected chi connectivity index (χ4v) is 0.699. The van der Waals surface area contributed by atoms with Gasteiger partial charge in [0.15, 0.2) is 0 Å². The molecule has 11 heavy (non-hydrogen) atoms. The zero-order valence-corrected chi connectivity index (χ0v) is 8.01. The molecule has 0 aromatic rings. The molecule has 0 aromatic carbocycles. The van der Waals surface area contributed by atoms with E-state index >= 15 is 0 Å². The SMILES string of the molecule is CCC(C)(CO)[P+](=O)O.CO. The third-order valence-electron chi connectivity index (χ3n) is 1.56. The van der Waals surface area contributed by atoms with Gasteiger partial charge in [-0.25, -0.2) is 0 Å². The zero-order valence-electron chi connectivity index (χ0n) is 7.11. The van der Waals surface area contributed by atoms with Crippen molar-refractivity contribution < 1.29 is 19.7 Å². The summed E-state index contributed by atoms with van der Waals surface area (Å²) < 4.78 is 10.5. The minimum absolute atomic E-state index is 0.227. The highest BCUT2D eigenvalue weighted by Gasteiger charge is 2.41. The Labute approximate surface area is 67.7 Å². The van der Waals surface area contributed by atoms with Crippen LogP contribution in [0.15, 0.2) is 0 Å².